The van der Waals surface area contributed by atoms with Crippen molar-refractivity contribution in [3.8, 4) is 22.3 Å². The second-order valence-electron chi connectivity index (χ2n) is 7.58. The molecule has 0 aromatic heterocycles. The number of anilines is 1. The lowest BCUT2D eigenvalue weighted by Gasteiger charge is -2.12. The number of hydrogen-bond acceptors (Lipinski definition) is 1. The lowest BCUT2D eigenvalue weighted by molar-refractivity contribution is 1.04. The van der Waals surface area contributed by atoms with Crippen molar-refractivity contribution >= 4 is 22.0 Å². The first kappa shape index (κ1) is 17.5. The van der Waals surface area contributed by atoms with Crippen LogP contribution >= 0.6 is 0 Å². The number of benzene rings is 4. The molecule has 0 radical (unpaired) electrons. The van der Waals surface area contributed by atoms with Crippen LogP contribution in [-0.4, -0.2) is 0 Å². The molecular formula is C28H23N. The van der Waals surface area contributed by atoms with Gasteiger partial charge in [0.05, 0.1) is 0 Å². The van der Waals surface area contributed by atoms with E-state index < -0.39 is 0 Å². The number of nitrogen functional groups attached to an aromatic ring is 1. The van der Waals surface area contributed by atoms with Crippen LogP contribution in [0, 0.1) is 0 Å². The minimum Gasteiger partial charge on any atom is -0.399 e. The van der Waals surface area contributed by atoms with Crippen molar-refractivity contribution in [1.29, 1.82) is 0 Å². The molecule has 1 aliphatic rings. The van der Waals surface area contributed by atoms with Gasteiger partial charge in [-0.05, 0) is 81.3 Å². The molecule has 1 nitrogen and oxygen atoms in total. The summed E-state index contributed by atoms with van der Waals surface area (Å²) in [5.41, 5.74) is 14.2. The van der Waals surface area contributed by atoms with Crippen LogP contribution in [0.4, 0.5) is 5.69 Å². The third-order valence-electron chi connectivity index (χ3n) is 5.63. The van der Waals surface area contributed by atoms with Crippen LogP contribution in [0.2, 0.25) is 0 Å². The summed E-state index contributed by atoms with van der Waals surface area (Å²) in [5.74, 6) is 0. The predicted octanol–water partition coefficient (Wildman–Crippen LogP) is 7.49. The zero-order valence-electron chi connectivity index (χ0n) is 16.3. The fourth-order valence-corrected chi connectivity index (χ4v) is 4.08. The van der Waals surface area contributed by atoms with Crippen molar-refractivity contribution in [2.45, 2.75) is 12.8 Å². The van der Waals surface area contributed by atoms with Gasteiger partial charge in [0.2, 0.25) is 0 Å². The quantitative estimate of drug-likeness (QED) is 0.370. The summed E-state index contributed by atoms with van der Waals surface area (Å²) in [5, 5.41) is 2.52. The Bertz CT molecular complexity index is 1240. The Balaban J connectivity index is 1.58. The number of rotatable bonds is 3. The highest BCUT2D eigenvalue weighted by atomic mass is 14.5. The summed E-state index contributed by atoms with van der Waals surface area (Å²) in [6, 6.07) is 30.2. The average Bonchev–Trinajstić information content (AvgIpc) is 2.79. The van der Waals surface area contributed by atoms with E-state index in [4.69, 9.17) is 5.73 Å². The maximum Gasteiger partial charge on any atom is 0.0314 e. The van der Waals surface area contributed by atoms with Gasteiger partial charge in [0.25, 0.3) is 0 Å². The molecule has 29 heavy (non-hydrogen) atoms. The largest absolute Gasteiger partial charge is 0.399 e. The molecule has 5 rings (SSSR count). The van der Waals surface area contributed by atoms with Crippen molar-refractivity contribution in [1.82, 2.24) is 0 Å². The Kier molecular flexibility index (Phi) is 4.50. The maximum absolute atomic E-state index is 5.84. The third-order valence-corrected chi connectivity index (χ3v) is 5.63. The van der Waals surface area contributed by atoms with E-state index in [9.17, 15) is 0 Å². The highest BCUT2D eigenvalue weighted by Crippen LogP contribution is 2.33. The molecule has 0 amide bonds. The van der Waals surface area contributed by atoms with Crippen LogP contribution in [-0.2, 0) is 0 Å². The van der Waals surface area contributed by atoms with Gasteiger partial charge in [-0.15, -0.1) is 0 Å². The molecule has 2 N–H and O–H groups in total. The van der Waals surface area contributed by atoms with Crippen molar-refractivity contribution in [3.05, 3.63) is 109 Å². The van der Waals surface area contributed by atoms with Crippen molar-refractivity contribution in [3.63, 3.8) is 0 Å². The molecule has 0 fully saturated rings. The van der Waals surface area contributed by atoms with Gasteiger partial charge in [-0.25, -0.2) is 0 Å². The van der Waals surface area contributed by atoms with Crippen molar-refractivity contribution < 1.29 is 0 Å². The van der Waals surface area contributed by atoms with Crippen LogP contribution in [0.1, 0.15) is 18.4 Å². The topological polar surface area (TPSA) is 26.0 Å². The molecule has 0 saturated heterocycles. The second-order valence-corrected chi connectivity index (χ2v) is 7.58. The second kappa shape index (κ2) is 7.44. The minimum absolute atomic E-state index is 0.791. The van der Waals surface area contributed by atoms with Crippen molar-refractivity contribution in [2.75, 3.05) is 5.73 Å². The predicted molar refractivity (Wildman–Crippen MR) is 126 cm³/mol. The van der Waals surface area contributed by atoms with Gasteiger partial charge < -0.3 is 5.73 Å². The van der Waals surface area contributed by atoms with Gasteiger partial charge in [0.1, 0.15) is 0 Å². The summed E-state index contributed by atoms with van der Waals surface area (Å²) in [6.07, 6.45) is 9.10. The van der Waals surface area contributed by atoms with E-state index in [2.05, 4.69) is 91.0 Å². The fraction of sp³-hybridized carbons (Fsp3) is 0.0714. The van der Waals surface area contributed by atoms with Crippen molar-refractivity contribution in [2.24, 2.45) is 0 Å². The molecule has 0 bridgehead atoms. The number of fused-ring (bicyclic) bond motifs is 1. The van der Waals surface area contributed by atoms with Crippen LogP contribution in [0.3, 0.4) is 0 Å². The zero-order chi connectivity index (χ0) is 19.6. The summed E-state index contributed by atoms with van der Waals surface area (Å²) in [7, 11) is 0. The number of hydrogen-bond donors (Lipinski definition) is 1. The highest BCUT2D eigenvalue weighted by Gasteiger charge is 2.08. The highest BCUT2D eigenvalue weighted by molar-refractivity contribution is 5.99. The van der Waals surface area contributed by atoms with Gasteiger partial charge in [-0.3, -0.25) is 0 Å². The van der Waals surface area contributed by atoms with Gasteiger partial charge >= 0.3 is 0 Å². The minimum atomic E-state index is 0.791. The average molecular weight is 373 g/mol. The fourth-order valence-electron chi connectivity index (χ4n) is 4.08. The molecule has 0 unspecified atom stereocenters. The maximum atomic E-state index is 5.84. The summed E-state index contributed by atoms with van der Waals surface area (Å²) in [6.45, 7) is 0. The number of nitrogens with two attached hydrogens (primary N) is 1. The standard InChI is InChI=1S/C28H23N/c29-26-15-12-21(13-16-26)23-14-17-28-25(19-23)10-5-11-27(28)24-9-4-8-22(18-24)20-6-2-1-3-7-20/h2,4-19H,1,3,29H2. The van der Waals surface area contributed by atoms with E-state index in [0.717, 1.165) is 18.5 Å². The number of allylic oxidation sites excluding steroid dienone is 4. The molecule has 4 aromatic rings. The van der Waals surface area contributed by atoms with Gasteiger partial charge in [-0.1, -0.05) is 78.9 Å². The van der Waals surface area contributed by atoms with E-state index in [1.807, 2.05) is 12.1 Å². The Morgan fingerprint density at radius 3 is 2.24 bits per heavy atom. The Morgan fingerprint density at radius 1 is 0.621 bits per heavy atom. The molecule has 140 valence electrons. The first-order valence-electron chi connectivity index (χ1n) is 10.1. The molecule has 0 heterocycles. The smallest absolute Gasteiger partial charge is 0.0314 e. The van der Waals surface area contributed by atoms with E-state index >= 15 is 0 Å². The van der Waals surface area contributed by atoms with E-state index in [0.29, 0.717) is 0 Å². The molecular weight excluding hydrogens is 350 g/mol. The molecule has 0 saturated carbocycles. The summed E-state index contributed by atoms with van der Waals surface area (Å²) < 4.78 is 0. The molecule has 0 spiro atoms. The SMILES string of the molecule is Nc1ccc(-c2ccc3c(-c4cccc(C5=CCCC=C5)c4)cccc3c2)cc1. The van der Waals surface area contributed by atoms with E-state index in [1.54, 1.807) is 0 Å². The lowest BCUT2D eigenvalue weighted by Crippen LogP contribution is -1.88. The monoisotopic (exact) mass is 373 g/mol. The van der Waals surface area contributed by atoms with Crippen LogP contribution < -0.4 is 5.73 Å². The Labute approximate surface area is 171 Å². The van der Waals surface area contributed by atoms with E-state index in [1.165, 1.54) is 44.2 Å². The molecule has 1 heteroatoms. The first-order valence-corrected chi connectivity index (χ1v) is 10.1. The van der Waals surface area contributed by atoms with Crippen LogP contribution in [0.15, 0.2) is 103 Å². The first-order chi connectivity index (χ1) is 14.3. The van der Waals surface area contributed by atoms with Gasteiger partial charge in [0.15, 0.2) is 0 Å². The third kappa shape index (κ3) is 3.48. The summed E-state index contributed by atoms with van der Waals surface area (Å²) in [4.78, 5) is 0. The lowest BCUT2D eigenvalue weighted by atomic mass is 9.92. The van der Waals surface area contributed by atoms with Gasteiger partial charge in [0, 0.05) is 5.69 Å². The molecule has 0 aliphatic heterocycles. The Morgan fingerprint density at radius 2 is 1.41 bits per heavy atom. The van der Waals surface area contributed by atoms with Gasteiger partial charge in [-0.2, -0.15) is 0 Å². The summed E-state index contributed by atoms with van der Waals surface area (Å²) >= 11 is 0. The van der Waals surface area contributed by atoms with Crippen LogP contribution in [0.5, 0.6) is 0 Å². The zero-order valence-corrected chi connectivity index (χ0v) is 16.3. The Hall–Kier alpha value is -3.58. The normalized spacial score (nSPS) is 13.4. The molecule has 1 aliphatic carbocycles. The van der Waals surface area contributed by atoms with E-state index in [-0.39, 0.29) is 0 Å². The van der Waals surface area contributed by atoms with Crippen LogP contribution in [0.25, 0.3) is 38.6 Å². The molecule has 0 atom stereocenters. The molecule has 4 aromatic carbocycles.